The third kappa shape index (κ3) is 4.27. The molecule has 2 N–H and O–H groups in total. The van der Waals surface area contributed by atoms with E-state index in [0.29, 0.717) is 28.4 Å². The molecule has 25 heavy (non-hydrogen) atoms. The maximum Gasteiger partial charge on any atom is 0.573 e. The molecule has 136 valence electrons. The fourth-order valence-corrected chi connectivity index (χ4v) is 2.43. The van der Waals surface area contributed by atoms with Gasteiger partial charge in [0.2, 0.25) is 5.75 Å². The van der Waals surface area contributed by atoms with E-state index in [2.05, 4.69) is 4.74 Å². The molecule has 0 radical (unpaired) electrons. The Labute approximate surface area is 143 Å². The minimum Gasteiger partial charge on any atom is -0.493 e. The van der Waals surface area contributed by atoms with E-state index in [4.69, 9.17) is 19.9 Å². The van der Waals surface area contributed by atoms with Gasteiger partial charge in [0.05, 0.1) is 27.4 Å². The molecule has 0 saturated carbocycles. The van der Waals surface area contributed by atoms with Gasteiger partial charge in [-0.05, 0) is 29.8 Å². The first-order chi connectivity index (χ1) is 11.8. The molecule has 1 atom stereocenters. The van der Waals surface area contributed by atoms with E-state index < -0.39 is 12.4 Å². The summed E-state index contributed by atoms with van der Waals surface area (Å²) in [5.41, 5.74) is 7.43. The number of rotatable bonds is 6. The van der Waals surface area contributed by atoms with Crippen LogP contribution >= 0.6 is 0 Å². The predicted octanol–water partition coefficient (Wildman–Crippen LogP) is 3.66. The van der Waals surface area contributed by atoms with Crippen LogP contribution < -0.4 is 24.7 Å². The molecule has 2 aromatic carbocycles. The first-order valence-corrected chi connectivity index (χ1v) is 7.21. The summed E-state index contributed by atoms with van der Waals surface area (Å²) in [5, 5.41) is 0. The second-order valence-corrected chi connectivity index (χ2v) is 5.02. The largest absolute Gasteiger partial charge is 0.573 e. The number of halogens is 3. The average molecular weight is 357 g/mol. The first-order valence-electron chi connectivity index (χ1n) is 7.21. The van der Waals surface area contributed by atoms with Crippen LogP contribution in [0.15, 0.2) is 36.4 Å². The molecular weight excluding hydrogens is 339 g/mol. The SMILES string of the molecule is COc1ccc([C@@H](N)c2ccc(OC(F)(F)F)cc2)c(OC)c1OC. The van der Waals surface area contributed by atoms with Crippen molar-refractivity contribution in [3.63, 3.8) is 0 Å². The Kier molecular flexibility index (Phi) is 5.63. The number of hydrogen-bond donors (Lipinski definition) is 1. The summed E-state index contributed by atoms with van der Waals surface area (Å²) in [7, 11) is 4.43. The third-order valence-electron chi connectivity index (χ3n) is 3.54. The number of benzene rings is 2. The van der Waals surface area contributed by atoms with Gasteiger partial charge in [0.15, 0.2) is 11.5 Å². The predicted molar refractivity (Wildman–Crippen MR) is 85.3 cm³/mol. The Balaban J connectivity index is 2.35. The Morgan fingerprint density at radius 2 is 1.44 bits per heavy atom. The third-order valence-corrected chi connectivity index (χ3v) is 3.54. The fraction of sp³-hybridized carbons (Fsp3) is 0.294. The molecule has 2 rings (SSSR count). The highest BCUT2D eigenvalue weighted by molar-refractivity contribution is 5.58. The average Bonchev–Trinajstić information content (AvgIpc) is 2.58. The molecule has 0 spiro atoms. The van der Waals surface area contributed by atoms with Gasteiger partial charge in [0.1, 0.15) is 5.75 Å². The van der Waals surface area contributed by atoms with Crippen LogP contribution in [0.25, 0.3) is 0 Å². The lowest BCUT2D eigenvalue weighted by Crippen LogP contribution is -2.17. The van der Waals surface area contributed by atoms with Gasteiger partial charge in [-0.15, -0.1) is 13.2 Å². The molecule has 2 aromatic rings. The molecule has 5 nitrogen and oxygen atoms in total. The van der Waals surface area contributed by atoms with E-state index in [1.807, 2.05) is 0 Å². The lowest BCUT2D eigenvalue weighted by molar-refractivity contribution is -0.274. The zero-order chi connectivity index (χ0) is 18.6. The summed E-state index contributed by atoms with van der Waals surface area (Å²) in [6.45, 7) is 0. The zero-order valence-corrected chi connectivity index (χ0v) is 13.9. The Morgan fingerprint density at radius 3 is 1.92 bits per heavy atom. The van der Waals surface area contributed by atoms with Gasteiger partial charge in [0, 0.05) is 5.56 Å². The molecular formula is C17H18F3NO4. The number of ether oxygens (including phenoxy) is 4. The number of nitrogens with two attached hydrogens (primary N) is 1. The Morgan fingerprint density at radius 1 is 0.840 bits per heavy atom. The fourth-order valence-electron chi connectivity index (χ4n) is 2.43. The van der Waals surface area contributed by atoms with Crippen LogP contribution in [0.1, 0.15) is 17.2 Å². The van der Waals surface area contributed by atoms with Gasteiger partial charge >= 0.3 is 6.36 Å². The van der Waals surface area contributed by atoms with Crippen LogP contribution in [-0.4, -0.2) is 27.7 Å². The summed E-state index contributed by atoms with van der Waals surface area (Å²) >= 11 is 0. The van der Waals surface area contributed by atoms with E-state index in [9.17, 15) is 13.2 Å². The van der Waals surface area contributed by atoms with Crippen LogP contribution in [-0.2, 0) is 0 Å². The molecule has 0 saturated heterocycles. The lowest BCUT2D eigenvalue weighted by Gasteiger charge is -2.20. The van der Waals surface area contributed by atoms with Crippen molar-refractivity contribution < 1.29 is 32.1 Å². The molecule has 0 fully saturated rings. The number of alkyl halides is 3. The van der Waals surface area contributed by atoms with E-state index in [1.54, 1.807) is 12.1 Å². The summed E-state index contributed by atoms with van der Waals surface area (Å²) in [4.78, 5) is 0. The van der Waals surface area contributed by atoms with Crippen LogP contribution in [0.2, 0.25) is 0 Å². The van der Waals surface area contributed by atoms with Gasteiger partial charge in [-0.1, -0.05) is 12.1 Å². The maximum absolute atomic E-state index is 12.2. The number of hydrogen-bond acceptors (Lipinski definition) is 5. The maximum atomic E-state index is 12.2. The number of methoxy groups -OCH3 is 3. The molecule has 0 amide bonds. The van der Waals surface area contributed by atoms with Gasteiger partial charge < -0.3 is 24.7 Å². The molecule has 8 heteroatoms. The van der Waals surface area contributed by atoms with Crippen molar-refractivity contribution in [1.29, 1.82) is 0 Å². The normalized spacial score (nSPS) is 12.4. The van der Waals surface area contributed by atoms with Crippen molar-refractivity contribution in [2.45, 2.75) is 12.4 Å². The molecule has 0 aliphatic rings. The highest BCUT2D eigenvalue weighted by atomic mass is 19.4. The van der Waals surface area contributed by atoms with Crippen molar-refractivity contribution in [2.24, 2.45) is 5.73 Å². The first kappa shape index (κ1) is 18.7. The highest BCUT2D eigenvalue weighted by Crippen LogP contribution is 2.42. The smallest absolute Gasteiger partial charge is 0.493 e. The monoisotopic (exact) mass is 357 g/mol. The molecule has 0 bridgehead atoms. The Bertz CT molecular complexity index is 717. The van der Waals surface area contributed by atoms with Crippen molar-refractivity contribution >= 4 is 0 Å². The van der Waals surface area contributed by atoms with Gasteiger partial charge in [-0.3, -0.25) is 0 Å². The summed E-state index contributed by atoms with van der Waals surface area (Å²) in [5.74, 6) is 0.937. The van der Waals surface area contributed by atoms with Gasteiger partial charge in [-0.2, -0.15) is 0 Å². The molecule has 0 heterocycles. The highest BCUT2D eigenvalue weighted by Gasteiger charge is 2.31. The second kappa shape index (κ2) is 7.52. The molecule has 0 aromatic heterocycles. The van der Waals surface area contributed by atoms with E-state index in [0.717, 1.165) is 0 Å². The van der Waals surface area contributed by atoms with Gasteiger partial charge in [0.25, 0.3) is 0 Å². The van der Waals surface area contributed by atoms with Crippen molar-refractivity contribution in [3.8, 4) is 23.0 Å². The molecule has 0 aliphatic heterocycles. The minimum atomic E-state index is -4.74. The standard InChI is InChI=1S/C17H18F3NO4/c1-22-13-9-8-12(15(23-2)16(13)24-3)14(21)10-4-6-11(7-5-10)25-17(18,19)20/h4-9,14H,21H2,1-3H3/t14-/m0/s1. The van der Waals surface area contributed by atoms with Crippen molar-refractivity contribution in [2.75, 3.05) is 21.3 Å². The zero-order valence-electron chi connectivity index (χ0n) is 13.9. The quantitative estimate of drug-likeness (QED) is 0.855. The van der Waals surface area contributed by atoms with Crippen molar-refractivity contribution in [3.05, 3.63) is 47.5 Å². The lowest BCUT2D eigenvalue weighted by atomic mass is 9.98. The topological polar surface area (TPSA) is 62.9 Å². The summed E-state index contributed by atoms with van der Waals surface area (Å²) in [6, 6.07) is 8.08. The van der Waals surface area contributed by atoms with E-state index >= 15 is 0 Å². The van der Waals surface area contributed by atoms with Crippen LogP contribution in [0.3, 0.4) is 0 Å². The second-order valence-electron chi connectivity index (χ2n) is 5.02. The van der Waals surface area contributed by atoms with E-state index in [1.165, 1.54) is 45.6 Å². The summed E-state index contributed by atoms with van der Waals surface area (Å²) in [6.07, 6.45) is -4.74. The molecule has 0 aliphatic carbocycles. The Hall–Kier alpha value is -2.61. The summed E-state index contributed by atoms with van der Waals surface area (Å²) < 4.78 is 56.4. The minimum absolute atomic E-state index is 0.317. The van der Waals surface area contributed by atoms with E-state index in [-0.39, 0.29) is 5.75 Å². The van der Waals surface area contributed by atoms with Gasteiger partial charge in [-0.25, -0.2) is 0 Å². The van der Waals surface area contributed by atoms with Crippen LogP contribution in [0, 0.1) is 0 Å². The van der Waals surface area contributed by atoms with Crippen LogP contribution in [0.4, 0.5) is 13.2 Å². The van der Waals surface area contributed by atoms with Crippen LogP contribution in [0.5, 0.6) is 23.0 Å². The van der Waals surface area contributed by atoms with Crippen molar-refractivity contribution in [1.82, 2.24) is 0 Å². The molecule has 0 unspecified atom stereocenters.